The number of benzene rings is 1. The number of nitrogens with zero attached hydrogens (tertiary/aromatic N) is 2. The average Bonchev–Trinajstić information content (AvgIpc) is 3.27. The summed E-state index contributed by atoms with van der Waals surface area (Å²) >= 11 is 5.25. The van der Waals surface area contributed by atoms with Gasteiger partial charge in [0, 0.05) is 17.8 Å². The van der Waals surface area contributed by atoms with Gasteiger partial charge in [0.25, 0.3) is 5.91 Å². The summed E-state index contributed by atoms with van der Waals surface area (Å²) in [6.07, 6.45) is 2.89. The largest absolute Gasteiger partial charge is 0.359 e. The molecule has 1 atom stereocenters. The van der Waals surface area contributed by atoms with Crippen molar-refractivity contribution in [3.8, 4) is 0 Å². The van der Waals surface area contributed by atoms with Crippen LogP contribution in [-0.4, -0.2) is 33.4 Å². The molecule has 23 heavy (non-hydrogen) atoms. The number of aromatic nitrogens is 2. The van der Waals surface area contributed by atoms with Crippen molar-refractivity contribution in [2.75, 3.05) is 5.32 Å². The number of carbonyl (C=O) groups excluding carboxylic acids is 2. The van der Waals surface area contributed by atoms with E-state index in [-0.39, 0.29) is 16.6 Å². The van der Waals surface area contributed by atoms with Gasteiger partial charge in [0.2, 0.25) is 10.7 Å². The summed E-state index contributed by atoms with van der Waals surface area (Å²) in [4.78, 5) is 28.7. The lowest BCUT2D eigenvalue weighted by molar-refractivity contribution is -0.121. The molecule has 6 nitrogen and oxygen atoms in total. The van der Waals surface area contributed by atoms with Gasteiger partial charge in [-0.05, 0) is 43.6 Å². The first kappa shape index (κ1) is 14.3. The predicted molar refractivity (Wildman–Crippen MR) is 89.0 cm³/mol. The highest BCUT2D eigenvalue weighted by Gasteiger charge is 2.32. The van der Waals surface area contributed by atoms with Crippen molar-refractivity contribution in [1.29, 1.82) is 0 Å². The monoisotopic (exact) mass is 328 g/mol. The van der Waals surface area contributed by atoms with Crippen molar-refractivity contribution in [1.82, 2.24) is 14.9 Å². The Labute approximate surface area is 137 Å². The highest BCUT2D eigenvalue weighted by atomic mass is 32.1. The molecule has 1 aromatic carbocycles. The van der Waals surface area contributed by atoms with Gasteiger partial charge < -0.3 is 10.6 Å². The third kappa shape index (κ3) is 2.61. The molecule has 1 aromatic heterocycles. The number of fused-ring (bicyclic) bond motifs is 3. The first-order valence-corrected chi connectivity index (χ1v) is 8.16. The number of anilines is 1. The fraction of sp³-hybridized carbons (Fsp3) is 0.375. The van der Waals surface area contributed by atoms with E-state index in [4.69, 9.17) is 12.2 Å². The molecule has 2 N–H and O–H groups in total. The van der Waals surface area contributed by atoms with Crippen LogP contribution in [0.3, 0.4) is 0 Å². The van der Waals surface area contributed by atoms with Crippen LogP contribution in [0.25, 0.3) is 10.9 Å². The fourth-order valence-electron chi connectivity index (χ4n) is 2.87. The Bertz CT molecular complexity index is 872. The Morgan fingerprint density at radius 2 is 2.17 bits per heavy atom. The van der Waals surface area contributed by atoms with Gasteiger partial charge >= 0.3 is 0 Å². The van der Waals surface area contributed by atoms with E-state index in [1.165, 1.54) is 4.57 Å². The lowest BCUT2D eigenvalue weighted by Crippen LogP contribution is -2.30. The highest BCUT2D eigenvalue weighted by Crippen LogP contribution is 2.29. The maximum Gasteiger partial charge on any atom is 0.257 e. The molecule has 1 saturated carbocycles. The third-order valence-electron chi connectivity index (χ3n) is 4.22. The Balaban J connectivity index is 1.57. The van der Waals surface area contributed by atoms with Crippen molar-refractivity contribution in [2.24, 2.45) is 0 Å². The van der Waals surface area contributed by atoms with E-state index >= 15 is 0 Å². The number of hydrogen-bond donors (Lipinski definition) is 2. The zero-order valence-electron chi connectivity index (χ0n) is 12.4. The zero-order chi connectivity index (χ0) is 16.0. The van der Waals surface area contributed by atoms with E-state index in [2.05, 4.69) is 15.6 Å². The minimum atomic E-state index is -0.436. The van der Waals surface area contributed by atoms with Crippen LogP contribution in [0.15, 0.2) is 24.3 Å². The van der Waals surface area contributed by atoms with E-state index in [0.29, 0.717) is 24.7 Å². The Morgan fingerprint density at radius 1 is 1.39 bits per heavy atom. The standard InChI is InChI=1S/C16H16N4O2S/c21-13(17-9-5-6-9)8-7-12-15(22)20-14(18-12)10-3-1-2-4-11(10)19-16(20)23/h1-4,9,12,18H,5-8H2,(H,17,21)/t12-/m1/s1. The number of amides is 1. The minimum absolute atomic E-state index is 0.00429. The second kappa shape index (κ2) is 5.42. The van der Waals surface area contributed by atoms with Gasteiger partial charge in [0.05, 0.1) is 5.52 Å². The molecule has 2 heterocycles. The second-order valence-electron chi connectivity index (χ2n) is 6.01. The molecule has 1 aliphatic carbocycles. The molecule has 0 saturated heterocycles. The van der Waals surface area contributed by atoms with Crippen molar-refractivity contribution in [3.63, 3.8) is 0 Å². The van der Waals surface area contributed by atoms with Gasteiger partial charge in [-0.1, -0.05) is 12.1 Å². The molecule has 0 bridgehead atoms. The maximum atomic E-state index is 12.6. The first-order chi connectivity index (χ1) is 11.1. The number of rotatable bonds is 4. The Kier molecular flexibility index (Phi) is 3.37. The van der Waals surface area contributed by atoms with Crippen LogP contribution in [-0.2, 0) is 4.79 Å². The smallest absolute Gasteiger partial charge is 0.257 e. The SMILES string of the molecule is O=C(CC[C@H]1Nc2c3ccccc3nc(=S)n2C1=O)NC1CC1. The maximum absolute atomic E-state index is 12.6. The number of para-hydroxylation sites is 1. The fourth-order valence-corrected chi connectivity index (χ4v) is 3.15. The Morgan fingerprint density at radius 3 is 2.96 bits per heavy atom. The van der Waals surface area contributed by atoms with Gasteiger partial charge in [-0.3, -0.25) is 9.59 Å². The molecule has 0 unspecified atom stereocenters. The lowest BCUT2D eigenvalue weighted by Gasteiger charge is -2.08. The highest BCUT2D eigenvalue weighted by molar-refractivity contribution is 7.71. The van der Waals surface area contributed by atoms with E-state index in [1.807, 2.05) is 24.3 Å². The summed E-state index contributed by atoms with van der Waals surface area (Å²) in [7, 11) is 0. The predicted octanol–water partition coefficient (Wildman–Crippen LogP) is 2.26. The van der Waals surface area contributed by atoms with Crippen molar-refractivity contribution < 1.29 is 9.59 Å². The van der Waals surface area contributed by atoms with E-state index < -0.39 is 6.04 Å². The quantitative estimate of drug-likeness (QED) is 0.842. The van der Waals surface area contributed by atoms with Gasteiger partial charge in [-0.15, -0.1) is 0 Å². The summed E-state index contributed by atoms with van der Waals surface area (Å²) in [5.74, 6) is 0.547. The molecule has 7 heteroatoms. The van der Waals surface area contributed by atoms with Crippen LogP contribution in [0.2, 0.25) is 0 Å². The zero-order valence-corrected chi connectivity index (χ0v) is 13.2. The molecule has 0 spiro atoms. The number of carbonyl (C=O) groups is 2. The molecular formula is C16H16N4O2S. The van der Waals surface area contributed by atoms with Crippen LogP contribution in [0, 0.1) is 4.77 Å². The Hall–Kier alpha value is -2.28. The van der Waals surface area contributed by atoms with Crippen molar-refractivity contribution >= 4 is 40.8 Å². The summed E-state index contributed by atoms with van der Waals surface area (Å²) in [5.41, 5.74) is 0.760. The van der Waals surface area contributed by atoms with Crippen LogP contribution in [0.5, 0.6) is 0 Å². The minimum Gasteiger partial charge on any atom is -0.359 e. The summed E-state index contributed by atoms with van der Waals surface area (Å²) < 4.78 is 1.70. The molecule has 0 radical (unpaired) electrons. The van der Waals surface area contributed by atoms with Gasteiger partial charge in [0.1, 0.15) is 11.9 Å². The molecule has 118 valence electrons. The van der Waals surface area contributed by atoms with Crippen LogP contribution in [0.1, 0.15) is 30.5 Å². The molecular weight excluding hydrogens is 312 g/mol. The summed E-state index contributed by atoms with van der Waals surface area (Å²) in [6.45, 7) is 0. The van der Waals surface area contributed by atoms with Gasteiger partial charge in [-0.25, -0.2) is 9.55 Å². The van der Waals surface area contributed by atoms with Crippen LogP contribution >= 0.6 is 12.2 Å². The van der Waals surface area contributed by atoms with Crippen LogP contribution in [0.4, 0.5) is 5.82 Å². The number of nitrogens with one attached hydrogen (secondary N) is 2. The molecule has 1 amide bonds. The first-order valence-electron chi connectivity index (χ1n) is 7.75. The molecule has 2 aliphatic rings. The van der Waals surface area contributed by atoms with E-state index in [1.54, 1.807) is 0 Å². The topological polar surface area (TPSA) is 76.0 Å². The van der Waals surface area contributed by atoms with Crippen molar-refractivity contribution in [2.45, 2.75) is 37.8 Å². The summed E-state index contributed by atoms with van der Waals surface area (Å²) in [6, 6.07) is 7.47. The van der Waals surface area contributed by atoms with Gasteiger partial charge in [-0.2, -0.15) is 0 Å². The second-order valence-corrected chi connectivity index (χ2v) is 6.38. The van der Waals surface area contributed by atoms with E-state index in [0.717, 1.165) is 23.7 Å². The third-order valence-corrected chi connectivity index (χ3v) is 4.50. The molecule has 2 aromatic rings. The molecule has 4 rings (SSSR count). The number of hydrogen-bond acceptors (Lipinski definition) is 5. The van der Waals surface area contributed by atoms with Crippen LogP contribution < -0.4 is 10.6 Å². The molecule has 1 fully saturated rings. The summed E-state index contributed by atoms with van der Waals surface area (Å²) in [5, 5.41) is 7.02. The normalized spacial score (nSPS) is 19.5. The van der Waals surface area contributed by atoms with Gasteiger partial charge in [0.15, 0.2) is 0 Å². The molecule has 1 aliphatic heterocycles. The lowest BCUT2D eigenvalue weighted by atomic mass is 10.1. The average molecular weight is 328 g/mol. The van der Waals surface area contributed by atoms with Crippen molar-refractivity contribution in [3.05, 3.63) is 29.0 Å². The van der Waals surface area contributed by atoms with E-state index in [9.17, 15) is 9.59 Å².